The van der Waals surface area contributed by atoms with Crippen LogP contribution in [0, 0.1) is 0 Å². The highest BCUT2D eigenvalue weighted by molar-refractivity contribution is 5.20. The van der Waals surface area contributed by atoms with Crippen LogP contribution in [0.25, 0.3) is 0 Å². The molecular formula is C17H20O3. The molecule has 0 aliphatic heterocycles. The molecule has 2 atom stereocenters. The minimum absolute atomic E-state index is 0.254. The third-order valence-electron chi connectivity index (χ3n) is 3.42. The number of ether oxygens (including phenoxy) is 1. The van der Waals surface area contributed by atoms with Gasteiger partial charge in [0.05, 0.1) is 13.2 Å². The van der Waals surface area contributed by atoms with Gasteiger partial charge in [-0.3, -0.25) is 0 Å². The number of hydrogen-bond acceptors (Lipinski definition) is 3. The Kier molecular flexibility index (Phi) is 4.90. The number of aliphatic hydroxyl groups is 2. The van der Waals surface area contributed by atoms with E-state index in [1.54, 1.807) is 6.92 Å². The van der Waals surface area contributed by atoms with Crippen LogP contribution >= 0.6 is 0 Å². The molecule has 0 aliphatic carbocycles. The van der Waals surface area contributed by atoms with Crippen LogP contribution in [0.3, 0.4) is 0 Å². The molecule has 2 aromatic carbocycles. The van der Waals surface area contributed by atoms with Crippen molar-refractivity contribution in [2.24, 2.45) is 0 Å². The van der Waals surface area contributed by atoms with Crippen LogP contribution in [-0.4, -0.2) is 22.4 Å². The third kappa shape index (κ3) is 3.45. The maximum Gasteiger partial charge on any atom is 0.119 e. The Balaban J connectivity index is 2.09. The summed E-state index contributed by atoms with van der Waals surface area (Å²) in [5.41, 5.74) is 0.710. The summed E-state index contributed by atoms with van der Waals surface area (Å²) in [5.74, 6) is 0. The van der Waals surface area contributed by atoms with Gasteiger partial charge in [-0.2, -0.15) is 0 Å². The Morgan fingerprint density at radius 3 is 2.10 bits per heavy atom. The van der Waals surface area contributed by atoms with Gasteiger partial charge in [0, 0.05) is 0 Å². The lowest BCUT2D eigenvalue weighted by Gasteiger charge is -2.33. The van der Waals surface area contributed by atoms with Gasteiger partial charge in [-0.05, 0) is 18.1 Å². The summed E-state index contributed by atoms with van der Waals surface area (Å²) in [7, 11) is 0. The quantitative estimate of drug-likeness (QED) is 0.850. The standard InChI is InChI=1S/C17H20O3/c1-17(13-18,16(19)15-10-6-3-7-11-15)20-12-14-8-4-2-5-9-14/h2-11,16,18-19H,12-13H2,1H3/t16-,17-/m0/s1. The molecule has 20 heavy (non-hydrogen) atoms. The van der Waals surface area contributed by atoms with Gasteiger partial charge in [0.1, 0.15) is 11.7 Å². The van der Waals surface area contributed by atoms with Crippen LogP contribution in [0.2, 0.25) is 0 Å². The van der Waals surface area contributed by atoms with Crippen molar-refractivity contribution in [3.63, 3.8) is 0 Å². The first-order valence-corrected chi connectivity index (χ1v) is 6.67. The number of rotatable bonds is 6. The van der Waals surface area contributed by atoms with E-state index in [0.29, 0.717) is 6.61 Å². The molecule has 0 aliphatic rings. The number of benzene rings is 2. The van der Waals surface area contributed by atoms with Crippen LogP contribution < -0.4 is 0 Å². The lowest BCUT2D eigenvalue weighted by atomic mass is 9.93. The second-order valence-corrected chi connectivity index (χ2v) is 5.06. The average Bonchev–Trinajstić information content (AvgIpc) is 2.53. The molecule has 2 aromatic rings. The SMILES string of the molecule is C[C@@](CO)(OCc1ccccc1)[C@@H](O)c1ccccc1. The van der Waals surface area contributed by atoms with Gasteiger partial charge in [0.2, 0.25) is 0 Å². The predicted octanol–water partition coefficient (Wildman–Crippen LogP) is 2.69. The van der Waals surface area contributed by atoms with E-state index in [1.165, 1.54) is 0 Å². The molecule has 0 radical (unpaired) electrons. The first-order chi connectivity index (χ1) is 9.65. The summed E-state index contributed by atoms with van der Waals surface area (Å²) in [6, 6.07) is 18.9. The van der Waals surface area contributed by atoms with E-state index in [1.807, 2.05) is 60.7 Å². The molecule has 0 unspecified atom stereocenters. The monoisotopic (exact) mass is 272 g/mol. The minimum Gasteiger partial charge on any atom is -0.393 e. The highest BCUT2D eigenvalue weighted by Crippen LogP contribution is 2.29. The molecule has 0 spiro atoms. The van der Waals surface area contributed by atoms with Crippen molar-refractivity contribution in [1.82, 2.24) is 0 Å². The first kappa shape index (κ1) is 14.7. The molecule has 0 saturated carbocycles. The van der Waals surface area contributed by atoms with Crippen molar-refractivity contribution in [3.8, 4) is 0 Å². The van der Waals surface area contributed by atoms with Gasteiger partial charge in [-0.1, -0.05) is 60.7 Å². The Morgan fingerprint density at radius 2 is 1.55 bits per heavy atom. The van der Waals surface area contributed by atoms with E-state index in [4.69, 9.17) is 4.74 Å². The van der Waals surface area contributed by atoms with Crippen LogP contribution in [-0.2, 0) is 11.3 Å². The van der Waals surface area contributed by atoms with Crippen LogP contribution in [0.5, 0.6) is 0 Å². The smallest absolute Gasteiger partial charge is 0.119 e. The van der Waals surface area contributed by atoms with Crippen LogP contribution in [0.15, 0.2) is 60.7 Å². The Morgan fingerprint density at radius 1 is 1.00 bits per heavy atom. The molecular weight excluding hydrogens is 252 g/mol. The van der Waals surface area contributed by atoms with Gasteiger partial charge in [-0.15, -0.1) is 0 Å². The third-order valence-corrected chi connectivity index (χ3v) is 3.42. The molecule has 0 saturated heterocycles. The molecule has 0 heterocycles. The van der Waals surface area contributed by atoms with Gasteiger partial charge in [-0.25, -0.2) is 0 Å². The summed E-state index contributed by atoms with van der Waals surface area (Å²) in [4.78, 5) is 0. The van der Waals surface area contributed by atoms with Gasteiger partial charge >= 0.3 is 0 Å². The maximum atomic E-state index is 10.4. The Labute approximate surface area is 119 Å². The lowest BCUT2D eigenvalue weighted by molar-refractivity contribution is -0.146. The zero-order valence-corrected chi connectivity index (χ0v) is 11.6. The molecule has 0 bridgehead atoms. The van der Waals surface area contributed by atoms with Crippen molar-refractivity contribution in [3.05, 3.63) is 71.8 Å². The molecule has 2 rings (SSSR count). The van der Waals surface area contributed by atoms with E-state index in [9.17, 15) is 10.2 Å². The summed E-state index contributed by atoms with van der Waals surface area (Å²) < 4.78 is 5.78. The fourth-order valence-electron chi connectivity index (χ4n) is 2.02. The van der Waals surface area contributed by atoms with E-state index in [2.05, 4.69) is 0 Å². The summed E-state index contributed by atoms with van der Waals surface area (Å²) in [6.07, 6.45) is -0.877. The van der Waals surface area contributed by atoms with Crippen molar-refractivity contribution in [2.45, 2.75) is 25.2 Å². The Bertz CT molecular complexity index is 512. The molecule has 2 N–H and O–H groups in total. The second kappa shape index (κ2) is 6.66. The van der Waals surface area contributed by atoms with Crippen molar-refractivity contribution < 1.29 is 14.9 Å². The topological polar surface area (TPSA) is 49.7 Å². The first-order valence-electron chi connectivity index (χ1n) is 6.67. The van der Waals surface area contributed by atoms with Crippen molar-refractivity contribution in [2.75, 3.05) is 6.61 Å². The highest BCUT2D eigenvalue weighted by Gasteiger charge is 2.34. The van der Waals surface area contributed by atoms with Gasteiger partial charge < -0.3 is 14.9 Å². The van der Waals surface area contributed by atoms with E-state index < -0.39 is 11.7 Å². The summed E-state index contributed by atoms with van der Waals surface area (Å²) in [6.45, 7) is 1.81. The van der Waals surface area contributed by atoms with E-state index in [0.717, 1.165) is 11.1 Å². The summed E-state index contributed by atoms with van der Waals surface area (Å²) in [5, 5.41) is 20.0. The fourth-order valence-corrected chi connectivity index (χ4v) is 2.02. The number of hydrogen-bond donors (Lipinski definition) is 2. The van der Waals surface area contributed by atoms with E-state index in [-0.39, 0.29) is 6.61 Å². The predicted molar refractivity (Wildman–Crippen MR) is 78.1 cm³/mol. The van der Waals surface area contributed by atoms with Gasteiger partial charge in [0.25, 0.3) is 0 Å². The average molecular weight is 272 g/mol. The molecule has 3 nitrogen and oxygen atoms in total. The van der Waals surface area contributed by atoms with Crippen molar-refractivity contribution >= 4 is 0 Å². The van der Waals surface area contributed by atoms with Crippen molar-refractivity contribution in [1.29, 1.82) is 0 Å². The second-order valence-electron chi connectivity index (χ2n) is 5.06. The van der Waals surface area contributed by atoms with Crippen LogP contribution in [0.1, 0.15) is 24.2 Å². The van der Waals surface area contributed by atoms with E-state index >= 15 is 0 Å². The normalized spacial score (nSPS) is 15.6. The molecule has 106 valence electrons. The van der Waals surface area contributed by atoms with Crippen LogP contribution in [0.4, 0.5) is 0 Å². The lowest BCUT2D eigenvalue weighted by Crippen LogP contribution is -2.40. The zero-order valence-electron chi connectivity index (χ0n) is 11.6. The molecule has 0 aromatic heterocycles. The Hall–Kier alpha value is -1.68. The largest absolute Gasteiger partial charge is 0.393 e. The zero-order chi connectivity index (χ0) is 14.4. The molecule has 0 fully saturated rings. The van der Waals surface area contributed by atoms with Gasteiger partial charge in [0.15, 0.2) is 0 Å². The molecule has 0 amide bonds. The fraction of sp³-hybridized carbons (Fsp3) is 0.294. The highest BCUT2D eigenvalue weighted by atomic mass is 16.5. The maximum absolute atomic E-state index is 10.4. The minimum atomic E-state index is -1.03. The number of aliphatic hydroxyl groups excluding tert-OH is 2. The summed E-state index contributed by atoms with van der Waals surface area (Å²) >= 11 is 0. The molecule has 3 heteroatoms.